The molecule has 0 aliphatic rings. The zero-order chi connectivity index (χ0) is 38.1. The van der Waals surface area contributed by atoms with E-state index in [9.17, 15) is 79.0 Å². The largest absolute Gasteiger partial charge is 0.418 e. The maximum atomic E-state index is 14.2. The molecular formula is C31H5F12N7. The topological polar surface area (TPSA) is 167 Å². The predicted molar refractivity (Wildman–Crippen MR) is 138 cm³/mol. The molecule has 0 aliphatic carbocycles. The van der Waals surface area contributed by atoms with E-state index >= 15 is 0 Å². The first-order valence-electron chi connectivity index (χ1n) is 12.5. The van der Waals surface area contributed by atoms with Gasteiger partial charge in [-0.2, -0.15) is 89.5 Å². The SMILES string of the molecule is N#C/C(c1ccc(C#N)c(C(F)(F)F)c1C(F)(F)F)=c1/c(C#N)c/c(=C(\C#N)c2ccc(C#N)c(C(F)(F)F)c2C(F)(F)F)c(C#N)c1C#N. The average Bonchev–Trinajstić information content (AvgIpc) is 3.02. The molecule has 3 aromatic rings. The van der Waals surface area contributed by atoms with E-state index in [1.54, 1.807) is 0 Å². The number of hydrogen-bond acceptors (Lipinski definition) is 7. The number of hydrogen-bond donors (Lipinski definition) is 0. The van der Waals surface area contributed by atoms with Crippen molar-refractivity contribution < 1.29 is 52.7 Å². The summed E-state index contributed by atoms with van der Waals surface area (Å²) >= 11 is 0. The van der Waals surface area contributed by atoms with Crippen LogP contribution in [0.3, 0.4) is 0 Å². The number of halogens is 12. The summed E-state index contributed by atoms with van der Waals surface area (Å²) in [6.07, 6.45) is -23.7. The van der Waals surface area contributed by atoms with Gasteiger partial charge in [-0.05, 0) is 18.2 Å². The van der Waals surface area contributed by atoms with E-state index in [-0.39, 0.29) is 30.3 Å². The minimum atomic E-state index is -5.99. The van der Waals surface area contributed by atoms with Crippen molar-refractivity contribution in [3.05, 3.63) is 102 Å². The normalized spacial score (nSPS) is 12.9. The van der Waals surface area contributed by atoms with E-state index < -0.39 is 107 Å². The second-order valence-electron chi connectivity index (χ2n) is 9.44. The third-order valence-electron chi connectivity index (χ3n) is 6.74. The van der Waals surface area contributed by atoms with Gasteiger partial charge in [0.2, 0.25) is 0 Å². The summed E-state index contributed by atoms with van der Waals surface area (Å²) in [6, 6.07) is 8.91. The summed E-state index contributed by atoms with van der Waals surface area (Å²) in [5.74, 6) is 0. The van der Waals surface area contributed by atoms with Gasteiger partial charge >= 0.3 is 24.7 Å². The van der Waals surface area contributed by atoms with E-state index in [1.807, 2.05) is 0 Å². The number of alkyl halides is 12. The maximum absolute atomic E-state index is 14.2. The molecule has 0 saturated heterocycles. The van der Waals surface area contributed by atoms with E-state index in [2.05, 4.69) is 0 Å². The highest BCUT2D eigenvalue weighted by molar-refractivity contribution is 5.85. The fraction of sp³-hybridized carbons (Fsp3) is 0.129. The van der Waals surface area contributed by atoms with Gasteiger partial charge in [0.05, 0.1) is 79.4 Å². The molecule has 3 aromatic carbocycles. The van der Waals surface area contributed by atoms with Crippen molar-refractivity contribution in [3.8, 4) is 42.5 Å². The van der Waals surface area contributed by atoms with Crippen molar-refractivity contribution in [2.24, 2.45) is 0 Å². The molecule has 50 heavy (non-hydrogen) atoms. The van der Waals surface area contributed by atoms with Crippen molar-refractivity contribution in [2.75, 3.05) is 0 Å². The fourth-order valence-corrected chi connectivity index (χ4v) is 4.96. The molecule has 3 rings (SSSR count). The van der Waals surface area contributed by atoms with Crippen LogP contribution in [0.15, 0.2) is 30.3 Å². The zero-order valence-corrected chi connectivity index (χ0v) is 23.6. The van der Waals surface area contributed by atoms with E-state index in [1.165, 1.54) is 18.2 Å². The van der Waals surface area contributed by atoms with Gasteiger partial charge in [0.1, 0.15) is 24.3 Å². The summed E-state index contributed by atoms with van der Waals surface area (Å²) in [4.78, 5) is 0. The first-order chi connectivity index (χ1) is 23.1. The van der Waals surface area contributed by atoms with Crippen LogP contribution in [0, 0.1) is 79.3 Å². The van der Waals surface area contributed by atoms with Crippen LogP contribution in [0.1, 0.15) is 61.2 Å². The van der Waals surface area contributed by atoms with Crippen molar-refractivity contribution in [2.45, 2.75) is 24.7 Å². The number of rotatable bonds is 2. The maximum Gasteiger partial charge on any atom is 0.418 e. The molecule has 0 saturated carbocycles. The Labute approximate surface area is 270 Å². The smallest absolute Gasteiger partial charge is 0.192 e. The van der Waals surface area contributed by atoms with Crippen LogP contribution in [0.2, 0.25) is 0 Å². The molecule has 0 fully saturated rings. The second-order valence-corrected chi connectivity index (χ2v) is 9.44. The lowest BCUT2D eigenvalue weighted by Gasteiger charge is -2.21. The number of nitrogens with zero attached hydrogens (tertiary/aromatic N) is 7. The molecule has 0 aromatic heterocycles. The Morgan fingerprint density at radius 1 is 0.420 bits per heavy atom. The summed E-state index contributed by atoms with van der Waals surface area (Å²) in [6.45, 7) is 0. The van der Waals surface area contributed by atoms with Crippen molar-refractivity contribution in [1.82, 2.24) is 0 Å². The molecule has 0 aliphatic heterocycles. The molecule has 7 nitrogen and oxygen atoms in total. The standard InChI is InChI=1S/C31H5F12N7/c32-28(33,34)24-13(6-44)1-3-16(26(24)30(38,39)40)19(9-47)18-5-15(8-46)23(22(12-50)20(18)10-48)21(11-49)17-4-2-14(7-45)25(29(35,36)37)27(17)31(41,42)43/h1-5H/b19-18-,23-21+. The van der Waals surface area contributed by atoms with Crippen LogP contribution < -0.4 is 10.4 Å². The Balaban J connectivity index is 2.86. The van der Waals surface area contributed by atoms with Crippen LogP contribution >= 0.6 is 0 Å². The summed E-state index contributed by atoms with van der Waals surface area (Å²) < 4.78 is 169. The minimum absolute atomic E-state index is 0.218. The Kier molecular flexibility index (Phi) is 9.65. The lowest BCUT2D eigenvalue weighted by atomic mass is 9.86. The molecule has 0 bridgehead atoms. The van der Waals surface area contributed by atoms with Gasteiger partial charge in [0.15, 0.2) is 0 Å². The van der Waals surface area contributed by atoms with Crippen LogP contribution in [-0.4, -0.2) is 0 Å². The van der Waals surface area contributed by atoms with Crippen molar-refractivity contribution >= 4 is 11.1 Å². The molecule has 0 amide bonds. The average molecular weight is 703 g/mol. The highest BCUT2D eigenvalue weighted by Gasteiger charge is 2.49. The molecule has 0 unspecified atom stereocenters. The van der Waals surface area contributed by atoms with Crippen LogP contribution in [0.5, 0.6) is 0 Å². The minimum Gasteiger partial charge on any atom is -0.192 e. The van der Waals surface area contributed by atoms with Crippen LogP contribution in [0.4, 0.5) is 52.7 Å². The predicted octanol–water partition coefficient (Wildman–Crippen LogP) is 6.57. The fourth-order valence-electron chi connectivity index (χ4n) is 4.96. The lowest BCUT2D eigenvalue weighted by Crippen LogP contribution is -2.28. The van der Waals surface area contributed by atoms with E-state index in [0.717, 1.165) is 24.3 Å². The van der Waals surface area contributed by atoms with E-state index in [4.69, 9.17) is 10.5 Å². The Morgan fingerprint density at radius 3 is 1.08 bits per heavy atom. The third-order valence-corrected chi connectivity index (χ3v) is 6.74. The molecule has 0 atom stereocenters. The van der Waals surface area contributed by atoms with Crippen molar-refractivity contribution in [1.29, 1.82) is 36.8 Å². The second kappa shape index (κ2) is 12.9. The number of benzene rings is 3. The van der Waals surface area contributed by atoms with Gasteiger partial charge in [0, 0.05) is 21.6 Å². The highest BCUT2D eigenvalue weighted by Crippen LogP contribution is 2.46. The summed E-state index contributed by atoms with van der Waals surface area (Å²) in [5, 5.41) is 65.2. The van der Waals surface area contributed by atoms with Gasteiger partial charge < -0.3 is 0 Å². The number of nitriles is 7. The monoisotopic (exact) mass is 703 g/mol. The Bertz CT molecular complexity index is 2400. The quantitative estimate of drug-likeness (QED) is 0.272. The van der Waals surface area contributed by atoms with E-state index in [0.29, 0.717) is 0 Å². The molecule has 0 N–H and O–H groups in total. The van der Waals surface area contributed by atoms with Crippen LogP contribution in [-0.2, 0) is 24.7 Å². The third kappa shape index (κ3) is 6.43. The van der Waals surface area contributed by atoms with Gasteiger partial charge in [0.25, 0.3) is 0 Å². The summed E-state index contributed by atoms with van der Waals surface area (Å²) in [5.41, 5.74) is -23.6. The molecule has 248 valence electrons. The van der Waals surface area contributed by atoms with Gasteiger partial charge in [-0.3, -0.25) is 0 Å². The molecular weight excluding hydrogens is 698 g/mol. The van der Waals surface area contributed by atoms with Crippen LogP contribution in [0.25, 0.3) is 11.1 Å². The molecule has 19 heteroatoms. The first kappa shape index (κ1) is 37.4. The Hall–Kier alpha value is -7.01. The zero-order valence-electron chi connectivity index (χ0n) is 23.6. The summed E-state index contributed by atoms with van der Waals surface area (Å²) in [7, 11) is 0. The van der Waals surface area contributed by atoms with Gasteiger partial charge in [-0.15, -0.1) is 0 Å². The van der Waals surface area contributed by atoms with Crippen molar-refractivity contribution in [3.63, 3.8) is 0 Å². The van der Waals surface area contributed by atoms with Gasteiger partial charge in [-0.1, -0.05) is 12.1 Å². The first-order valence-corrected chi connectivity index (χ1v) is 12.5. The molecule has 0 radical (unpaired) electrons. The lowest BCUT2D eigenvalue weighted by molar-refractivity contribution is -0.162. The molecule has 0 spiro atoms. The highest BCUT2D eigenvalue weighted by atomic mass is 19.4. The van der Waals surface area contributed by atoms with Gasteiger partial charge in [-0.25, -0.2) is 0 Å². The Morgan fingerprint density at radius 2 is 0.780 bits per heavy atom. The molecule has 0 heterocycles.